The maximum absolute atomic E-state index is 13.2. The molecule has 0 radical (unpaired) electrons. The first-order valence-electron chi connectivity index (χ1n) is 9.92. The van der Waals surface area contributed by atoms with Gasteiger partial charge in [0.15, 0.2) is 5.16 Å². The fraction of sp³-hybridized carbons (Fsp3) is 0.0833. The summed E-state index contributed by atoms with van der Waals surface area (Å²) in [6.45, 7) is 0. The molecule has 0 atom stereocenters. The fourth-order valence-corrected chi connectivity index (χ4v) is 4.21. The molecule has 0 aliphatic carbocycles. The lowest BCUT2D eigenvalue weighted by molar-refractivity contribution is -0.118. The van der Waals surface area contributed by atoms with Crippen molar-refractivity contribution in [2.24, 2.45) is 5.10 Å². The molecule has 0 spiro atoms. The van der Waals surface area contributed by atoms with E-state index in [-0.39, 0.29) is 17.2 Å². The van der Waals surface area contributed by atoms with Crippen molar-refractivity contribution in [3.8, 4) is 11.4 Å². The van der Waals surface area contributed by atoms with Gasteiger partial charge in [-0.2, -0.15) is 5.10 Å². The van der Waals surface area contributed by atoms with Crippen molar-refractivity contribution in [2.75, 3.05) is 12.9 Å². The summed E-state index contributed by atoms with van der Waals surface area (Å²) in [5.74, 6) is 0.365. The van der Waals surface area contributed by atoms with E-state index < -0.39 is 0 Å². The van der Waals surface area contributed by atoms with Crippen molar-refractivity contribution in [1.29, 1.82) is 0 Å². The number of ether oxygens (including phenoxy) is 1. The smallest absolute Gasteiger partial charge is 0.266 e. The summed E-state index contributed by atoms with van der Waals surface area (Å²) in [5.41, 5.74) is 4.30. The number of methoxy groups -OCH3 is 1. The Morgan fingerprint density at radius 2 is 1.85 bits per heavy atom. The molecular weight excluding hydrogens is 504 g/mol. The second kappa shape index (κ2) is 10.5. The Bertz CT molecular complexity index is 1390. The van der Waals surface area contributed by atoms with Crippen LogP contribution >= 0.6 is 27.7 Å². The van der Waals surface area contributed by atoms with E-state index >= 15 is 0 Å². The summed E-state index contributed by atoms with van der Waals surface area (Å²) < 4.78 is 7.68. The van der Waals surface area contributed by atoms with Gasteiger partial charge in [0, 0.05) is 10.0 Å². The Morgan fingerprint density at radius 3 is 2.64 bits per heavy atom. The van der Waals surface area contributed by atoms with Crippen LogP contribution in [0.4, 0.5) is 0 Å². The summed E-state index contributed by atoms with van der Waals surface area (Å²) in [5, 5.41) is 4.94. The minimum atomic E-state index is -0.323. The van der Waals surface area contributed by atoms with Crippen molar-refractivity contribution in [2.45, 2.75) is 5.16 Å². The first kappa shape index (κ1) is 22.8. The summed E-state index contributed by atoms with van der Waals surface area (Å²) >= 11 is 4.58. The van der Waals surface area contributed by atoms with Gasteiger partial charge in [0.2, 0.25) is 0 Å². The number of hydrogen-bond donors (Lipinski definition) is 1. The lowest BCUT2D eigenvalue weighted by Gasteiger charge is -2.13. The molecule has 0 aliphatic rings. The van der Waals surface area contributed by atoms with Gasteiger partial charge in [0.05, 0.1) is 35.7 Å². The molecule has 0 aliphatic heterocycles. The van der Waals surface area contributed by atoms with Gasteiger partial charge in [0.25, 0.3) is 11.5 Å². The molecule has 0 bridgehead atoms. The molecule has 9 heteroatoms. The monoisotopic (exact) mass is 522 g/mol. The van der Waals surface area contributed by atoms with Gasteiger partial charge in [-0.3, -0.25) is 14.2 Å². The molecule has 0 fully saturated rings. The molecule has 7 nitrogen and oxygen atoms in total. The predicted octanol–water partition coefficient (Wildman–Crippen LogP) is 4.40. The fourth-order valence-electron chi connectivity index (χ4n) is 3.14. The highest BCUT2D eigenvalue weighted by Gasteiger charge is 2.14. The zero-order valence-electron chi connectivity index (χ0n) is 17.6. The highest BCUT2D eigenvalue weighted by Crippen LogP contribution is 2.22. The summed E-state index contributed by atoms with van der Waals surface area (Å²) in [7, 11) is 1.57. The Kier molecular flexibility index (Phi) is 7.21. The van der Waals surface area contributed by atoms with Crippen molar-refractivity contribution >= 4 is 50.7 Å². The standard InChI is InChI=1S/C24H19BrN4O3S/c1-32-21-9-5-2-6-16(21)14-26-28-22(30)15-33-24-27-20-8-4-3-7-19(20)23(31)29(24)18-12-10-17(25)11-13-18/h2-14H,15H2,1H3,(H,28,30). The van der Waals surface area contributed by atoms with Crippen molar-refractivity contribution in [3.05, 3.63) is 93.2 Å². The van der Waals surface area contributed by atoms with Crippen LogP contribution in [0.15, 0.2) is 92.3 Å². The molecule has 1 amide bonds. The van der Waals surface area contributed by atoms with Crippen LogP contribution in [0.25, 0.3) is 16.6 Å². The number of fused-ring (bicyclic) bond motifs is 1. The van der Waals surface area contributed by atoms with Crippen LogP contribution in [0.5, 0.6) is 5.75 Å². The number of amides is 1. The topological polar surface area (TPSA) is 85.6 Å². The molecule has 166 valence electrons. The molecule has 3 aromatic carbocycles. The normalized spacial score (nSPS) is 11.1. The molecule has 0 saturated carbocycles. The van der Waals surface area contributed by atoms with Crippen LogP contribution in [0.1, 0.15) is 5.56 Å². The Hall–Kier alpha value is -3.43. The van der Waals surface area contributed by atoms with Crippen molar-refractivity contribution in [3.63, 3.8) is 0 Å². The molecule has 0 saturated heterocycles. The first-order valence-corrected chi connectivity index (χ1v) is 11.7. The number of hydrogen-bond acceptors (Lipinski definition) is 6. The van der Waals surface area contributed by atoms with Gasteiger partial charge < -0.3 is 4.74 Å². The quantitative estimate of drug-likeness (QED) is 0.168. The van der Waals surface area contributed by atoms with Crippen LogP contribution in [-0.2, 0) is 4.79 Å². The third kappa shape index (κ3) is 5.32. The Morgan fingerprint density at radius 1 is 1.12 bits per heavy atom. The van der Waals surface area contributed by atoms with Gasteiger partial charge in [-0.05, 0) is 48.5 Å². The SMILES string of the molecule is COc1ccccc1C=NNC(=O)CSc1nc2ccccc2c(=O)n1-c1ccc(Br)cc1. The lowest BCUT2D eigenvalue weighted by atomic mass is 10.2. The van der Waals surface area contributed by atoms with E-state index in [2.05, 4.69) is 31.4 Å². The average Bonchev–Trinajstić information content (AvgIpc) is 2.84. The van der Waals surface area contributed by atoms with Crippen LogP contribution in [0, 0.1) is 0 Å². The molecule has 33 heavy (non-hydrogen) atoms. The molecule has 4 aromatic rings. The third-order valence-electron chi connectivity index (χ3n) is 4.69. The minimum Gasteiger partial charge on any atom is -0.496 e. The number of rotatable bonds is 7. The van der Waals surface area contributed by atoms with Crippen molar-refractivity contribution in [1.82, 2.24) is 15.0 Å². The van der Waals surface area contributed by atoms with E-state index in [9.17, 15) is 9.59 Å². The number of aromatic nitrogens is 2. The van der Waals surface area contributed by atoms with E-state index in [4.69, 9.17) is 4.74 Å². The summed E-state index contributed by atoms with van der Waals surface area (Å²) in [6.07, 6.45) is 1.52. The predicted molar refractivity (Wildman–Crippen MR) is 134 cm³/mol. The number of halogens is 1. The third-order valence-corrected chi connectivity index (χ3v) is 6.16. The van der Waals surface area contributed by atoms with Crippen LogP contribution < -0.4 is 15.7 Å². The van der Waals surface area contributed by atoms with E-state index in [0.29, 0.717) is 27.5 Å². The van der Waals surface area contributed by atoms with Crippen LogP contribution in [0.2, 0.25) is 0 Å². The average molecular weight is 523 g/mol. The highest BCUT2D eigenvalue weighted by atomic mass is 79.9. The number of para-hydroxylation sites is 2. The number of nitrogens with one attached hydrogen (secondary N) is 1. The number of carbonyl (C=O) groups is 1. The number of thioether (sulfide) groups is 1. The number of benzene rings is 3. The van der Waals surface area contributed by atoms with E-state index in [1.165, 1.54) is 22.5 Å². The molecule has 1 heterocycles. The van der Waals surface area contributed by atoms with Gasteiger partial charge >= 0.3 is 0 Å². The van der Waals surface area contributed by atoms with Crippen LogP contribution in [-0.4, -0.2) is 34.5 Å². The molecular formula is C24H19BrN4O3S. The molecule has 1 N–H and O–H groups in total. The van der Waals surface area contributed by atoms with Crippen LogP contribution in [0.3, 0.4) is 0 Å². The second-order valence-electron chi connectivity index (χ2n) is 6.85. The zero-order chi connectivity index (χ0) is 23.2. The highest BCUT2D eigenvalue weighted by molar-refractivity contribution is 9.10. The summed E-state index contributed by atoms with van der Waals surface area (Å²) in [4.78, 5) is 30.3. The maximum Gasteiger partial charge on any atom is 0.266 e. The molecule has 1 aromatic heterocycles. The van der Waals surface area contributed by atoms with Gasteiger partial charge in [0.1, 0.15) is 5.75 Å². The minimum absolute atomic E-state index is 0.0323. The first-order chi connectivity index (χ1) is 16.1. The van der Waals surface area contributed by atoms with E-state index in [0.717, 1.165) is 10.0 Å². The molecule has 0 unspecified atom stereocenters. The molecule has 4 rings (SSSR count). The van der Waals surface area contributed by atoms with Gasteiger partial charge in [-0.25, -0.2) is 10.4 Å². The zero-order valence-corrected chi connectivity index (χ0v) is 20.0. The van der Waals surface area contributed by atoms with Crippen molar-refractivity contribution < 1.29 is 9.53 Å². The largest absolute Gasteiger partial charge is 0.496 e. The number of nitrogens with zero attached hydrogens (tertiary/aromatic N) is 3. The number of carbonyl (C=O) groups excluding carboxylic acids is 1. The Labute approximate surface area is 202 Å². The summed E-state index contributed by atoms with van der Waals surface area (Å²) in [6, 6.07) is 21.9. The van der Waals surface area contributed by atoms with E-state index in [1.54, 1.807) is 25.3 Å². The van der Waals surface area contributed by atoms with Gasteiger partial charge in [-0.1, -0.05) is 52.0 Å². The maximum atomic E-state index is 13.2. The Balaban J connectivity index is 1.56. The lowest BCUT2D eigenvalue weighted by Crippen LogP contribution is -2.24. The second-order valence-corrected chi connectivity index (χ2v) is 8.71. The number of hydrazone groups is 1. The van der Waals surface area contributed by atoms with E-state index in [1.807, 2.05) is 54.6 Å². The van der Waals surface area contributed by atoms with Gasteiger partial charge in [-0.15, -0.1) is 0 Å².